The standard InChI is InChI=1S/C23H22F2N6O3/c1-23(2,3)34-22(33)31-16(14-7-5-6-8-15(14)18(24)25)11-13-9-10-17(28-19(13)31)29-21(32)20-26-12-27-30(20)4/h5-12,18H,1-4H3,(H,28,29,32). The number of aryl methyl sites for hydroxylation is 1. The van der Waals surface area contributed by atoms with Crippen molar-refractivity contribution >= 4 is 28.9 Å². The monoisotopic (exact) mass is 468 g/mol. The molecular weight excluding hydrogens is 446 g/mol. The zero-order valence-electron chi connectivity index (χ0n) is 18.9. The van der Waals surface area contributed by atoms with Crippen LogP contribution >= 0.6 is 0 Å². The van der Waals surface area contributed by atoms with Crippen LogP contribution in [0.2, 0.25) is 0 Å². The number of alkyl halides is 2. The summed E-state index contributed by atoms with van der Waals surface area (Å²) in [5, 5.41) is 6.97. The van der Waals surface area contributed by atoms with Crippen molar-refractivity contribution in [2.75, 3.05) is 5.32 Å². The highest BCUT2D eigenvalue weighted by atomic mass is 19.3. The molecule has 0 aliphatic heterocycles. The second kappa shape index (κ2) is 8.65. The van der Waals surface area contributed by atoms with Gasteiger partial charge in [0.25, 0.3) is 12.3 Å². The first-order valence-corrected chi connectivity index (χ1v) is 10.3. The molecule has 0 saturated carbocycles. The van der Waals surface area contributed by atoms with Gasteiger partial charge < -0.3 is 10.1 Å². The van der Waals surface area contributed by atoms with Gasteiger partial charge in [0.2, 0.25) is 5.82 Å². The van der Waals surface area contributed by atoms with E-state index in [1.807, 2.05) is 0 Å². The number of ether oxygens (including phenoxy) is 1. The molecule has 1 N–H and O–H groups in total. The Balaban J connectivity index is 1.86. The molecule has 0 fully saturated rings. The molecule has 0 bridgehead atoms. The predicted molar refractivity (Wildman–Crippen MR) is 121 cm³/mol. The molecule has 0 aliphatic carbocycles. The van der Waals surface area contributed by atoms with Crippen LogP contribution < -0.4 is 5.32 Å². The molecule has 0 spiro atoms. The highest BCUT2D eigenvalue weighted by Gasteiger charge is 2.26. The Morgan fingerprint density at radius 1 is 1.12 bits per heavy atom. The quantitative estimate of drug-likeness (QED) is 0.461. The molecule has 3 aromatic heterocycles. The largest absolute Gasteiger partial charge is 0.443 e. The number of nitrogens with zero attached hydrogens (tertiary/aromatic N) is 5. The molecule has 0 aliphatic rings. The third-order valence-corrected chi connectivity index (χ3v) is 4.85. The van der Waals surface area contributed by atoms with Crippen LogP contribution in [0.15, 0.2) is 48.8 Å². The number of halogens is 2. The van der Waals surface area contributed by atoms with Crippen molar-refractivity contribution in [3.05, 3.63) is 60.2 Å². The molecule has 34 heavy (non-hydrogen) atoms. The highest BCUT2D eigenvalue weighted by Crippen LogP contribution is 2.35. The fourth-order valence-electron chi connectivity index (χ4n) is 3.43. The lowest BCUT2D eigenvalue weighted by Gasteiger charge is -2.21. The molecule has 11 heteroatoms. The number of pyridine rings is 1. The van der Waals surface area contributed by atoms with Crippen molar-refractivity contribution in [2.45, 2.75) is 32.8 Å². The number of anilines is 1. The van der Waals surface area contributed by atoms with E-state index >= 15 is 0 Å². The lowest BCUT2D eigenvalue weighted by molar-refractivity contribution is 0.0546. The van der Waals surface area contributed by atoms with Crippen LogP contribution in [0.25, 0.3) is 22.3 Å². The van der Waals surface area contributed by atoms with Crippen molar-refractivity contribution in [3.63, 3.8) is 0 Å². The molecule has 176 valence electrons. The molecule has 1 amide bonds. The van der Waals surface area contributed by atoms with E-state index in [2.05, 4.69) is 20.4 Å². The Hall–Kier alpha value is -4.15. The summed E-state index contributed by atoms with van der Waals surface area (Å²) in [4.78, 5) is 34.0. The van der Waals surface area contributed by atoms with Crippen molar-refractivity contribution in [2.24, 2.45) is 7.05 Å². The number of carbonyl (C=O) groups excluding carboxylic acids is 2. The minimum absolute atomic E-state index is 0.0657. The summed E-state index contributed by atoms with van der Waals surface area (Å²) in [7, 11) is 1.57. The van der Waals surface area contributed by atoms with Gasteiger partial charge in [0.15, 0.2) is 5.65 Å². The molecule has 0 radical (unpaired) electrons. The van der Waals surface area contributed by atoms with Gasteiger partial charge in [0.1, 0.15) is 17.7 Å². The van der Waals surface area contributed by atoms with Gasteiger partial charge in [-0.15, -0.1) is 0 Å². The third-order valence-electron chi connectivity index (χ3n) is 4.85. The first-order chi connectivity index (χ1) is 16.0. The first kappa shape index (κ1) is 23.0. The molecule has 0 atom stereocenters. The first-order valence-electron chi connectivity index (χ1n) is 10.3. The van der Waals surface area contributed by atoms with Gasteiger partial charge >= 0.3 is 6.09 Å². The molecule has 9 nitrogen and oxygen atoms in total. The van der Waals surface area contributed by atoms with Crippen molar-refractivity contribution in [1.29, 1.82) is 0 Å². The summed E-state index contributed by atoms with van der Waals surface area (Å²) in [6.07, 6.45) is -2.30. The summed E-state index contributed by atoms with van der Waals surface area (Å²) in [6.45, 7) is 5.09. The Morgan fingerprint density at radius 2 is 1.85 bits per heavy atom. The number of aromatic nitrogens is 5. The lowest BCUT2D eigenvalue weighted by Crippen LogP contribution is -2.27. The van der Waals surface area contributed by atoms with E-state index in [1.165, 1.54) is 29.2 Å². The smallest absolute Gasteiger partial charge is 0.420 e. The van der Waals surface area contributed by atoms with E-state index in [1.54, 1.807) is 52.1 Å². The van der Waals surface area contributed by atoms with E-state index in [0.29, 0.717) is 5.39 Å². The molecule has 0 saturated heterocycles. The summed E-state index contributed by atoms with van der Waals surface area (Å²) in [6, 6.07) is 10.7. The molecule has 0 unspecified atom stereocenters. The zero-order chi connectivity index (χ0) is 24.6. The number of benzene rings is 1. The third kappa shape index (κ3) is 4.49. The topological polar surface area (TPSA) is 104 Å². The van der Waals surface area contributed by atoms with Crippen LogP contribution in [0.5, 0.6) is 0 Å². The summed E-state index contributed by atoms with van der Waals surface area (Å²) in [5.41, 5.74) is -0.560. The molecule has 1 aromatic carbocycles. The van der Waals surface area contributed by atoms with Crippen molar-refractivity contribution in [1.82, 2.24) is 24.3 Å². The number of hydrogen-bond acceptors (Lipinski definition) is 6. The maximum atomic E-state index is 13.7. The van der Waals surface area contributed by atoms with Gasteiger partial charge in [0.05, 0.1) is 5.69 Å². The number of nitrogens with one attached hydrogen (secondary N) is 1. The van der Waals surface area contributed by atoms with Crippen LogP contribution in [0.4, 0.5) is 19.4 Å². The molecule has 3 heterocycles. The predicted octanol–water partition coefficient (Wildman–Crippen LogP) is 4.80. The average Bonchev–Trinajstić information content (AvgIpc) is 3.35. The van der Waals surface area contributed by atoms with Crippen LogP contribution in [0, 0.1) is 0 Å². The minimum Gasteiger partial charge on any atom is -0.443 e. The number of rotatable bonds is 4. The Labute approximate surface area is 193 Å². The average molecular weight is 468 g/mol. The number of fused-ring (bicyclic) bond motifs is 1. The maximum absolute atomic E-state index is 13.7. The number of hydrogen-bond donors (Lipinski definition) is 1. The second-order valence-electron chi connectivity index (χ2n) is 8.50. The SMILES string of the molecule is Cn1ncnc1C(=O)Nc1ccc2cc(-c3ccccc3C(F)F)n(C(=O)OC(C)(C)C)c2n1. The fourth-order valence-corrected chi connectivity index (χ4v) is 3.43. The summed E-state index contributed by atoms with van der Waals surface area (Å²) < 4.78 is 35.5. The van der Waals surface area contributed by atoms with Gasteiger partial charge in [-0.25, -0.2) is 32.8 Å². The zero-order valence-corrected chi connectivity index (χ0v) is 18.9. The number of amides is 1. The van der Waals surface area contributed by atoms with Crippen LogP contribution in [-0.2, 0) is 11.8 Å². The fraction of sp³-hybridized carbons (Fsp3) is 0.261. The minimum atomic E-state index is -2.75. The Kier molecular flexibility index (Phi) is 5.86. The van der Waals surface area contributed by atoms with Crippen LogP contribution in [0.3, 0.4) is 0 Å². The van der Waals surface area contributed by atoms with Gasteiger partial charge in [-0.3, -0.25) is 4.79 Å². The Bertz CT molecular complexity index is 1390. The van der Waals surface area contributed by atoms with Crippen LogP contribution in [-0.4, -0.2) is 41.9 Å². The van der Waals surface area contributed by atoms with Gasteiger partial charge in [-0.05, 0) is 39.0 Å². The van der Waals surface area contributed by atoms with E-state index in [-0.39, 0.29) is 34.1 Å². The van der Waals surface area contributed by atoms with Gasteiger partial charge in [-0.2, -0.15) is 5.10 Å². The van der Waals surface area contributed by atoms with Crippen molar-refractivity contribution < 1.29 is 23.1 Å². The van der Waals surface area contributed by atoms with E-state index < -0.39 is 24.0 Å². The van der Waals surface area contributed by atoms with Crippen LogP contribution in [0.1, 0.15) is 43.4 Å². The van der Waals surface area contributed by atoms with E-state index in [9.17, 15) is 18.4 Å². The maximum Gasteiger partial charge on any atom is 0.420 e. The highest BCUT2D eigenvalue weighted by molar-refractivity contribution is 6.02. The van der Waals surface area contributed by atoms with Gasteiger partial charge in [-0.1, -0.05) is 24.3 Å². The summed E-state index contributed by atoms with van der Waals surface area (Å²) in [5.74, 6) is -0.349. The summed E-state index contributed by atoms with van der Waals surface area (Å²) >= 11 is 0. The van der Waals surface area contributed by atoms with E-state index in [4.69, 9.17) is 4.74 Å². The van der Waals surface area contributed by atoms with Gasteiger partial charge in [0, 0.05) is 23.6 Å². The lowest BCUT2D eigenvalue weighted by atomic mass is 10.0. The molecular formula is C23H22F2N6O3. The Morgan fingerprint density at radius 3 is 2.50 bits per heavy atom. The molecule has 4 rings (SSSR count). The van der Waals surface area contributed by atoms with Crippen molar-refractivity contribution in [3.8, 4) is 11.3 Å². The second-order valence-corrected chi connectivity index (χ2v) is 8.50. The number of carbonyl (C=O) groups is 2. The molecule has 4 aromatic rings. The normalized spacial score (nSPS) is 11.7. The van der Waals surface area contributed by atoms with E-state index in [0.717, 1.165) is 4.57 Å².